The minimum atomic E-state index is -0.955. The lowest BCUT2D eigenvalue weighted by molar-refractivity contribution is -0.159. The number of carbonyl (C=O) groups excluding carboxylic acids is 2. The van der Waals surface area contributed by atoms with E-state index in [1.54, 1.807) is 37.3 Å². The highest BCUT2D eigenvalue weighted by Crippen LogP contribution is 2.33. The second-order valence-electron chi connectivity index (χ2n) is 5.81. The Morgan fingerprint density at radius 2 is 1.85 bits per heavy atom. The predicted octanol–water partition coefficient (Wildman–Crippen LogP) is 3.06. The lowest BCUT2D eigenvalue weighted by Crippen LogP contribution is -2.45. The summed E-state index contributed by atoms with van der Waals surface area (Å²) in [4.78, 5) is 24.3. The van der Waals surface area contributed by atoms with Gasteiger partial charge in [-0.15, -0.1) is 0 Å². The lowest BCUT2D eigenvalue weighted by atomic mass is 10.2. The monoisotopic (exact) mass is 391 g/mol. The van der Waals surface area contributed by atoms with Crippen molar-refractivity contribution in [3.8, 4) is 17.2 Å². The summed E-state index contributed by atoms with van der Waals surface area (Å²) in [7, 11) is 1.50. The summed E-state index contributed by atoms with van der Waals surface area (Å²) in [6.45, 7) is 1.23. The van der Waals surface area contributed by atoms with E-state index in [0.29, 0.717) is 28.0 Å². The zero-order valence-electron chi connectivity index (χ0n) is 14.7. The van der Waals surface area contributed by atoms with E-state index < -0.39 is 30.7 Å². The Kier molecular flexibility index (Phi) is 5.71. The van der Waals surface area contributed by atoms with Gasteiger partial charge in [-0.3, -0.25) is 4.79 Å². The average Bonchev–Trinajstić information content (AvgIpc) is 2.65. The molecule has 0 bridgehead atoms. The van der Waals surface area contributed by atoms with Crippen LogP contribution >= 0.6 is 11.6 Å². The molecule has 0 saturated heterocycles. The Bertz CT molecular complexity index is 856. The van der Waals surface area contributed by atoms with Crippen molar-refractivity contribution in [2.75, 3.05) is 19.0 Å². The van der Waals surface area contributed by atoms with Gasteiger partial charge >= 0.3 is 5.97 Å². The van der Waals surface area contributed by atoms with E-state index in [1.807, 2.05) is 6.07 Å². The molecule has 0 aromatic heterocycles. The van der Waals surface area contributed by atoms with Gasteiger partial charge in [0.15, 0.2) is 18.1 Å². The molecule has 2 unspecified atom stereocenters. The van der Waals surface area contributed by atoms with Gasteiger partial charge in [-0.25, -0.2) is 4.79 Å². The van der Waals surface area contributed by atoms with Crippen LogP contribution in [0.2, 0.25) is 5.02 Å². The molecule has 2 aromatic carbocycles. The number of anilines is 1. The van der Waals surface area contributed by atoms with Gasteiger partial charge in [-0.05, 0) is 37.3 Å². The Morgan fingerprint density at radius 3 is 2.52 bits per heavy atom. The van der Waals surface area contributed by atoms with E-state index in [-0.39, 0.29) is 0 Å². The van der Waals surface area contributed by atoms with Crippen molar-refractivity contribution in [3.05, 3.63) is 47.5 Å². The molecule has 7 nitrogen and oxygen atoms in total. The van der Waals surface area contributed by atoms with E-state index in [0.717, 1.165) is 0 Å². The first-order chi connectivity index (χ1) is 13.0. The number of nitrogens with one attached hydrogen (secondary N) is 1. The van der Waals surface area contributed by atoms with Crippen molar-refractivity contribution in [2.45, 2.75) is 19.1 Å². The van der Waals surface area contributed by atoms with Gasteiger partial charge in [0.25, 0.3) is 5.91 Å². The Hall–Kier alpha value is -2.93. The number of rotatable bonds is 5. The quantitative estimate of drug-likeness (QED) is 0.789. The molecule has 27 heavy (non-hydrogen) atoms. The molecule has 1 heterocycles. The van der Waals surface area contributed by atoms with Gasteiger partial charge in [-0.1, -0.05) is 23.7 Å². The summed E-state index contributed by atoms with van der Waals surface area (Å²) in [5.74, 6) is 0.317. The van der Waals surface area contributed by atoms with Crippen LogP contribution in [0.3, 0.4) is 0 Å². The van der Waals surface area contributed by atoms with Crippen LogP contribution in [0.4, 0.5) is 5.69 Å². The number of hydrogen-bond donors (Lipinski definition) is 1. The van der Waals surface area contributed by atoms with Crippen LogP contribution in [0, 0.1) is 0 Å². The maximum absolute atomic E-state index is 12.3. The SMILES string of the molecule is COc1ccc(NC(=O)COC(=O)C2Oc3ccccc3OC2C)cc1Cl. The molecule has 142 valence electrons. The number of fused-ring (bicyclic) bond motifs is 1. The first kappa shape index (κ1) is 18.8. The molecule has 0 saturated carbocycles. The Morgan fingerprint density at radius 1 is 1.15 bits per heavy atom. The van der Waals surface area contributed by atoms with Gasteiger partial charge in [0.1, 0.15) is 11.9 Å². The highest BCUT2D eigenvalue weighted by Gasteiger charge is 2.35. The van der Waals surface area contributed by atoms with Crippen molar-refractivity contribution in [1.29, 1.82) is 0 Å². The molecule has 0 spiro atoms. The molecule has 1 aliphatic heterocycles. The molecular formula is C19H18ClNO6. The number of hydrogen-bond acceptors (Lipinski definition) is 6. The Balaban J connectivity index is 1.54. The number of halogens is 1. The summed E-state index contributed by atoms with van der Waals surface area (Å²) < 4.78 is 21.4. The van der Waals surface area contributed by atoms with Crippen molar-refractivity contribution in [3.63, 3.8) is 0 Å². The van der Waals surface area contributed by atoms with Gasteiger partial charge in [0, 0.05) is 5.69 Å². The van der Waals surface area contributed by atoms with Crippen LogP contribution in [-0.2, 0) is 14.3 Å². The minimum absolute atomic E-state index is 0.354. The fraction of sp³-hybridized carbons (Fsp3) is 0.263. The fourth-order valence-electron chi connectivity index (χ4n) is 2.54. The molecule has 2 atom stereocenters. The van der Waals surface area contributed by atoms with Crippen molar-refractivity contribution in [1.82, 2.24) is 0 Å². The zero-order chi connectivity index (χ0) is 19.4. The lowest BCUT2D eigenvalue weighted by Gasteiger charge is -2.30. The number of ether oxygens (including phenoxy) is 4. The highest BCUT2D eigenvalue weighted by molar-refractivity contribution is 6.32. The first-order valence-corrected chi connectivity index (χ1v) is 8.58. The van der Waals surface area contributed by atoms with Gasteiger partial charge in [0.2, 0.25) is 6.10 Å². The summed E-state index contributed by atoms with van der Waals surface area (Å²) in [6.07, 6.45) is -1.50. The van der Waals surface area contributed by atoms with E-state index in [9.17, 15) is 9.59 Å². The maximum Gasteiger partial charge on any atom is 0.351 e. The molecule has 8 heteroatoms. The molecule has 1 aliphatic rings. The summed E-state index contributed by atoms with van der Waals surface area (Å²) in [6, 6.07) is 11.8. The summed E-state index contributed by atoms with van der Waals surface area (Å²) in [5.41, 5.74) is 0.460. The molecular weight excluding hydrogens is 374 g/mol. The van der Waals surface area contributed by atoms with Crippen LogP contribution in [0.5, 0.6) is 17.2 Å². The van der Waals surface area contributed by atoms with Crippen molar-refractivity contribution >= 4 is 29.2 Å². The smallest absolute Gasteiger partial charge is 0.351 e. The molecule has 3 rings (SSSR count). The second-order valence-corrected chi connectivity index (χ2v) is 6.22. The molecule has 0 fully saturated rings. The molecule has 1 amide bonds. The summed E-state index contributed by atoms with van der Waals surface area (Å²) >= 11 is 6.01. The first-order valence-electron chi connectivity index (χ1n) is 8.20. The van der Waals surface area contributed by atoms with Crippen LogP contribution in [0.15, 0.2) is 42.5 Å². The maximum atomic E-state index is 12.3. The number of esters is 1. The molecule has 0 aliphatic carbocycles. The topological polar surface area (TPSA) is 83.1 Å². The van der Waals surface area contributed by atoms with E-state index >= 15 is 0 Å². The van der Waals surface area contributed by atoms with Crippen LogP contribution in [-0.4, -0.2) is 37.8 Å². The zero-order valence-corrected chi connectivity index (χ0v) is 15.5. The molecule has 0 radical (unpaired) electrons. The number of carbonyl (C=O) groups is 2. The fourth-order valence-corrected chi connectivity index (χ4v) is 2.80. The van der Waals surface area contributed by atoms with E-state index in [2.05, 4.69) is 5.32 Å². The van der Waals surface area contributed by atoms with Gasteiger partial charge in [-0.2, -0.15) is 0 Å². The third kappa shape index (κ3) is 4.43. The molecule has 2 aromatic rings. The normalized spacial score (nSPS) is 17.7. The second kappa shape index (κ2) is 8.18. The van der Waals surface area contributed by atoms with Crippen LogP contribution in [0.25, 0.3) is 0 Å². The van der Waals surface area contributed by atoms with Crippen molar-refractivity contribution < 1.29 is 28.5 Å². The molecule has 1 N–H and O–H groups in total. The minimum Gasteiger partial charge on any atom is -0.495 e. The predicted molar refractivity (Wildman–Crippen MR) is 98.5 cm³/mol. The third-order valence-electron chi connectivity index (χ3n) is 3.86. The standard InChI is InChI=1S/C19H18ClNO6/c1-11-18(27-16-6-4-3-5-15(16)26-11)19(23)25-10-17(22)21-12-7-8-14(24-2)13(20)9-12/h3-9,11,18H,10H2,1-2H3,(H,21,22). The largest absolute Gasteiger partial charge is 0.495 e. The number of amides is 1. The highest BCUT2D eigenvalue weighted by atomic mass is 35.5. The number of para-hydroxylation sites is 2. The van der Waals surface area contributed by atoms with Gasteiger partial charge < -0.3 is 24.3 Å². The van der Waals surface area contributed by atoms with Crippen LogP contribution < -0.4 is 19.5 Å². The van der Waals surface area contributed by atoms with Crippen molar-refractivity contribution in [2.24, 2.45) is 0 Å². The van der Waals surface area contributed by atoms with Gasteiger partial charge in [0.05, 0.1) is 12.1 Å². The van der Waals surface area contributed by atoms with Crippen LogP contribution in [0.1, 0.15) is 6.92 Å². The average molecular weight is 392 g/mol. The van der Waals surface area contributed by atoms with E-state index in [4.69, 9.17) is 30.5 Å². The Labute approximate surface area is 161 Å². The van der Waals surface area contributed by atoms with E-state index in [1.165, 1.54) is 13.2 Å². The number of benzene rings is 2. The third-order valence-corrected chi connectivity index (χ3v) is 4.15. The number of methoxy groups -OCH3 is 1. The summed E-state index contributed by atoms with van der Waals surface area (Å²) in [5, 5.41) is 2.95.